The highest BCUT2D eigenvalue weighted by atomic mass is 16.5. The second kappa shape index (κ2) is 6.92. The third-order valence-electron chi connectivity index (χ3n) is 4.15. The molecule has 0 aliphatic carbocycles. The van der Waals surface area contributed by atoms with Crippen molar-refractivity contribution in [3.8, 4) is 0 Å². The monoisotopic (exact) mass is 305 g/mol. The van der Waals surface area contributed by atoms with Crippen LogP contribution in [-0.2, 0) is 14.3 Å². The molecule has 0 aromatic heterocycles. The molecule has 1 fully saturated rings. The first kappa shape index (κ1) is 16.5. The van der Waals surface area contributed by atoms with Crippen molar-refractivity contribution in [2.75, 3.05) is 13.1 Å². The van der Waals surface area contributed by atoms with Crippen LogP contribution in [0.4, 0.5) is 0 Å². The molecular formula is C17H23NO4. The summed E-state index contributed by atoms with van der Waals surface area (Å²) in [5, 5.41) is 8.84. The van der Waals surface area contributed by atoms with Crippen molar-refractivity contribution in [3.05, 3.63) is 35.4 Å². The van der Waals surface area contributed by atoms with Gasteiger partial charge in [-0.05, 0) is 32.8 Å². The highest BCUT2D eigenvalue weighted by molar-refractivity contribution is 5.81. The number of nitrogens with zero attached hydrogens (tertiary/aromatic N) is 1. The summed E-state index contributed by atoms with van der Waals surface area (Å²) in [6.45, 7) is 6.45. The van der Waals surface area contributed by atoms with E-state index in [4.69, 9.17) is 9.84 Å². The van der Waals surface area contributed by atoms with Gasteiger partial charge in [0.2, 0.25) is 0 Å². The third-order valence-corrected chi connectivity index (χ3v) is 4.15. The van der Waals surface area contributed by atoms with Gasteiger partial charge in [-0.1, -0.05) is 29.8 Å². The molecule has 0 saturated carbocycles. The van der Waals surface area contributed by atoms with Crippen molar-refractivity contribution in [3.63, 3.8) is 0 Å². The normalized spacial score (nSPS) is 20.7. The Balaban J connectivity index is 1.93. The van der Waals surface area contributed by atoms with Crippen LogP contribution in [0.5, 0.6) is 0 Å². The predicted octanol–water partition coefficient (Wildman–Crippen LogP) is 2.19. The Bertz CT molecular complexity index is 540. The van der Waals surface area contributed by atoms with Gasteiger partial charge in [0.15, 0.2) is 6.10 Å². The second-order valence-electron chi connectivity index (χ2n) is 5.94. The number of aliphatic carboxylic acids is 1. The summed E-state index contributed by atoms with van der Waals surface area (Å²) >= 11 is 0. The molecule has 1 aliphatic rings. The zero-order valence-electron chi connectivity index (χ0n) is 13.3. The molecule has 5 heteroatoms. The molecule has 1 N–H and O–H groups in total. The molecule has 1 saturated heterocycles. The average Bonchev–Trinajstić information content (AvgIpc) is 2.96. The molecule has 3 unspecified atom stereocenters. The lowest BCUT2D eigenvalue weighted by atomic mass is 9.98. The maximum Gasteiger partial charge on any atom is 0.332 e. The number of carbonyl (C=O) groups excluding carboxylic acids is 1. The molecule has 1 aliphatic heterocycles. The minimum Gasteiger partial charge on any atom is -0.479 e. The van der Waals surface area contributed by atoms with Crippen LogP contribution in [0.25, 0.3) is 0 Å². The van der Waals surface area contributed by atoms with E-state index in [0.717, 1.165) is 6.42 Å². The van der Waals surface area contributed by atoms with E-state index in [1.807, 2.05) is 0 Å². The molecule has 1 aromatic rings. The van der Waals surface area contributed by atoms with E-state index >= 15 is 0 Å². The summed E-state index contributed by atoms with van der Waals surface area (Å²) in [5.74, 6) is -0.852. The number of ether oxygens (including phenoxy) is 1. The molecule has 1 amide bonds. The van der Waals surface area contributed by atoms with Gasteiger partial charge in [0, 0.05) is 19.0 Å². The number of benzene rings is 1. The van der Waals surface area contributed by atoms with Gasteiger partial charge in [-0.2, -0.15) is 0 Å². The van der Waals surface area contributed by atoms with E-state index in [1.54, 1.807) is 11.8 Å². The Morgan fingerprint density at radius 3 is 2.45 bits per heavy atom. The largest absolute Gasteiger partial charge is 0.479 e. The maximum atomic E-state index is 12.3. The minimum absolute atomic E-state index is 0.136. The number of rotatable bonds is 5. The Labute approximate surface area is 130 Å². The lowest BCUT2D eigenvalue weighted by molar-refractivity contribution is -0.158. The summed E-state index contributed by atoms with van der Waals surface area (Å²) < 4.78 is 5.25. The number of amides is 1. The molecule has 1 heterocycles. The number of carboxylic acid groups (broad SMARTS) is 1. The van der Waals surface area contributed by atoms with Gasteiger partial charge in [-0.3, -0.25) is 4.79 Å². The summed E-state index contributed by atoms with van der Waals surface area (Å²) in [5.41, 5.74) is 2.47. The van der Waals surface area contributed by atoms with Crippen molar-refractivity contribution >= 4 is 11.9 Å². The summed E-state index contributed by atoms with van der Waals surface area (Å²) in [6.07, 6.45) is -0.784. The quantitative estimate of drug-likeness (QED) is 0.905. The van der Waals surface area contributed by atoms with E-state index in [2.05, 4.69) is 31.2 Å². The fourth-order valence-electron chi connectivity index (χ4n) is 2.75. The molecule has 5 nitrogen and oxygen atoms in total. The fraction of sp³-hybridized carbons (Fsp3) is 0.529. The second-order valence-corrected chi connectivity index (χ2v) is 5.94. The Hall–Kier alpha value is -1.88. The SMILES string of the molecule is Cc1ccc(C2CCN(C(=O)C(C)OC(C)C(=O)O)C2)cc1. The number of hydrogen-bond acceptors (Lipinski definition) is 3. The Morgan fingerprint density at radius 2 is 1.86 bits per heavy atom. The first-order valence-corrected chi connectivity index (χ1v) is 7.62. The van der Waals surface area contributed by atoms with E-state index < -0.39 is 18.2 Å². The fourth-order valence-corrected chi connectivity index (χ4v) is 2.75. The number of aryl methyl sites for hydroxylation is 1. The number of likely N-dealkylation sites (tertiary alicyclic amines) is 1. The van der Waals surface area contributed by atoms with Crippen LogP contribution in [0.15, 0.2) is 24.3 Å². The van der Waals surface area contributed by atoms with Crippen LogP contribution in [-0.4, -0.2) is 47.2 Å². The standard InChI is InChI=1S/C17H23NO4/c1-11-4-6-14(7-5-11)15-8-9-18(10-15)16(19)12(2)22-13(3)17(20)21/h4-7,12-13,15H,8-10H2,1-3H3,(H,20,21). The molecule has 120 valence electrons. The van der Waals surface area contributed by atoms with Gasteiger partial charge in [0.1, 0.15) is 6.10 Å². The highest BCUT2D eigenvalue weighted by Gasteiger charge is 2.31. The van der Waals surface area contributed by atoms with Crippen molar-refractivity contribution in [1.29, 1.82) is 0 Å². The molecule has 3 atom stereocenters. The smallest absolute Gasteiger partial charge is 0.332 e. The van der Waals surface area contributed by atoms with Gasteiger partial charge in [0.25, 0.3) is 5.91 Å². The predicted molar refractivity (Wildman–Crippen MR) is 82.8 cm³/mol. The molecule has 0 bridgehead atoms. The maximum absolute atomic E-state index is 12.3. The average molecular weight is 305 g/mol. The number of carbonyl (C=O) groups is 2. The van der Waals surface area contributed by atoms with Crippen molar-refractivity contribution in [2.24, 2.45) is 0 Å². The molecule has 22 heavy (non-hydrogen) atoms. The van der Waals surface area contributed by atoms with Crippen molar-refractivity contribution in [2.45, 2.75) is 45.3 Å². The third kappa shape index (κ3) is 3.85. The van der Waals surface area contributed by atoms with Crippen LogP contribution < -0.4 is 0 Å². The van der Waals surface area contributed by atoms with Crippen molar-refractivity contribution in [1.82, 2.24) is 4.90 Å². The van der Waals surface area contributed by atoms with Gasteiger partial charge >= 0.3 is 5.97 Å². The summed E-state index contributed by atoms with van der Waals surface area (Å²) in [7, 11) is 0. The number of hydrogen-bond donors (Lipinski definition) is 1. The number of carboxylic acids is 1. The van der Waals surface area contributed by atoms with Gasteiger partial charge < -0.3 is 14.7 Å². The van der Waals surface area contributed by atoms with Crippen LogP contribution in [0, 0.1) is 6.92 Å². The van der Waals surface area contributed by atoms with Gasteiger partial charge in [-0.15, -0.1) is 0 Å². The highest BCUT2D eigenvalue weighted by Crippen LogP contribution is 2.28. The van der Waals surface area contributed by atoms with E-state index in [0.29, 0.717) is 19.0 Å². The van der Waals surface area contributed by atoms with E-state index in [9.17, 15) is 9.59 Å². The van der Waals surface area contributed by atoms with Crippen molar-refractivity contribution < 1.29 is 19.4 Å². The van der Waals surface area contributed by atoms with Crippen LogP contribution in [0.1, 0.15) is 37.3 Å². The van der Waals surface area contributed by atoms with E-state index in [1.165, 1.54) is 18.1 Å². The minimum atomic E-state index is -1.06. The van der Waals surface area contributed by atoms with Gasteiger partial charge in [0.05, 0.1) is 0 Å². The molecule has 2 rings (SSSR count). The molecule has 0 spiro atoms. The lowest BCUT2D eigenvalue weighted by Crippen LogP contribution is -2.40. The first-order valence-electron chi connectivity index (χ1n) is 7.62. The van der Waals surface area contributed by atoms with Gasteiger partial charge in [-0.25, -0.2) is 4.79 Å². The zero-order valence-corrected chi connectivity index (χ0v) is 13.3. The topological polar surface area (TPSA) is 66.8 Å². The lowest BCUT2D eigenvalue weighted by Gasteiger charge is -2.22. The molecule has 1 aromatic carbocycles. The van der Waals surface area contributed by atoms with E-state index in [-0.39, 0.29) is 5.91 Å². The van der Waals surface area contributed by atoms with Crippen LogP contribution >= 0.6 is 0 Å². The zero-order chi connectivity index (χ0) is 16.3. The Morgan fingerprint density at radius 1 is 1.23 bits per heavy atom. The molecule has 0 radical (unpaired) electrons. The Kier molecular flexibility index (Phi) is 5.19. The summed E-state index contributed by atoms with van der Waals surface area (Å²) in [4.78, 5) is 24.9. The van der Waals surface area contributed by atoms with Crippen LogP contribution in [0.2, 0.25) is 0 Å². The first-order chi connectivity index (χ1) is 10.4. The van der Waals surface area contributed by atoms with Crippen LogP contribution in [0.3, 0.4) is 0 Å². The molecular weight excluding hydrogens is 282 g/mol. The summed E-state index contributed by atoms with van der Waals surface area (Å²) in [6, 6.07) is 8.39.